The lowest BCUT2D eigenvalue weighted by atomic mass is 10.1. The van der Waals surface area contributed by atoms with Crippen molar-refractivity contribution < 1.29 is 9.26 Å². The van der Waals surface area contributed by atoms with E-state index in [1.165, 1.54) is 0 Å². The van der Waals surface area contributed by atoms with Crippen LogP contribution in [0.2, 0.25) is 0 Å². The summed E-state index contributed by atoms with van der Waals surface area (Å²) in [6.07, 6.45) is 9.08. The number of allylic oxidation sites excluding steroid dienone is 4. The highest BCUT2D eigenvalue weighted by Gasteiger charge is 2.14. The van der Waals surface area contributed by atoms with E-state index in [2.05, 4.69) is 29.2 Å². The van der Waals surface area contributed by atoms with E-state index in [0.717, 1.165) is 16.7 Å². The number of rotatable bonds is 6. The molecule has 0 fully saturated rings. The first-order chi connectivity index (χ1) is 11.5. The normalized spacial score (nSPS) is 11.2. The molecular weight excluding hydrogens is 300 g/mol. The molecule has 0 atom stereocenters. The molecule has 24 heavy (non-hydrogen) atoms. The summed E-state index contributed by atoms with van der Waals surface area (Å²) < 4.78 is 11.1. The summed E-state index contributed by atoms with van der Waals surface area (Å²) in [4.78, 5) is 4.42. The molecule has 0 spiro atoms. The monoisotopic (exact) mass is 320 g/mol. The van der Waals surface area contributed by atoms with Gasteiger partial charge >= 0.3 is 0 Å². The van der Waals surface area contributed by atoms with Crippen molar-refractivity contribution in [1.82, 2.24) is 10.1 Å². The molecule has 0 aliphatic carbocycles. The quantitative estimate of drug-likeness (QED) is 0.574. The topological polar surface area (TPSA) is 48.2 Å². The molecule has 1 heterocycles. The first-order valence-electron chi connectivity index (χ1n) is 7.56. The Bertz CT molecular complexity index is 836. The zero-order valence-electron chi connectivity index (χ0n) is 14.2. The van der Waals surface area contributed by atoms with E-state index in [1.54, 1.807) is 18.2 Å². The summed E-state index contributed by atoms with van der Waals surface area (Å²) >= 11 is 0. The molecule has 0 unspecified atom stereocenters. The summed E-state index contributed by atoms with van der Waals surface area (Å²) in [7, 11) is 0. The number of hydrogen-bond acceptors (Lipinski definition) is 4. The highest BCUT2D eigenvalue weighted by molar-refractivity contribution is 5.75. The summed E-state index contributed by atoms with van der Waals surface area (Å²) in [5.41, 5.74) is 2.98. The van der Waals surface area contributed by atoms with Gasteiger partial charge in [0.15, 0.2) is 0 Å². The van der Waals surface area contributed by atoms with Crippen LogP contribution in [0.3, 0.4) is 0 Å². The molecule has 0 saturated heterocycles. The van der Waals surface area contributed by atoms with E-state index >= 15 is 0 Å². The average molecular weight is 320 g/mol. The predicted octanol–water partition coefficient (Wildman–Crippen LogP) is 4.65. The third-order valence-corrected chi connectivity index (χ3v) is 3.16. The molecule has 0 aliphatic heterocycles. The minimum absolute atomic E-state index is 0.0418. The highest BCUT2D eigenvalue weighted by atomic mass is 16.5. The van der Waals surface area contributed by atoms with Crippen molar-refractivity contribution in [3.63, 3.8) is 0 Å². The number of aromatic nitrogens is 2. The van der Waals surface area contributed by atoms with Gasteiger partial charge in [-0.05, 0) is 44.5 Å². The van der Waals surface area contributed by atoms with Crippen LogP contribution in [0.25, 0.3) is 17.0 Å². The van der Waals surface area contributed by atoms with Crippen LogP contribution in [0, 0.1) is 12.3 Å². The molecule has 0 N–H and O–H groups in total. The first-order valence-corrected chi connectivity index (χ1v) is 7.56. The molecule has 0 amide bonds. The Hall–Kier alpha value is -3.06. The lowest BCUT2D eigenvalue weighted by Crippen LogP contribution is -2.06. The van der Waals surface area contributed by atoms with E-state index in [1.807, 2.05) is 32.9 Å². The molecule has 2 rings (SSSR count). The van der Waals surface area contributed by atoms with Crippen molar-refractivity contribution in [2.24, 2.45) is 0 Å². The molecule has 4 nitrogen and oxygen atoms in total. The lowest BCUT2D eigenvalue weighted by molar-refractivity contribution is 0.242. The predicted molar refractivity (Wildman–Crippen MR) is 96.4 cm³/mol. The van der Waals surface area contributed by atoms with Crippen molar-refractivity contribution in [3.8, 4) is 29.5 Å². The molecule has 2 aromatic rings. The Morgan fingerprint density at radius 3 is 2.75 bits per heavy atom. The SMILES string of the molecule is C#Cc1cc(-c2nc(/C(=C/C=C)C(=C)C)no2)ccc1OC(C)C. The van der Waals surface area contributed by atoms with Crippen LogP contribution in [0.5, 0.6) is 5.75 Å². The highest BCUT2D eigenvalue weighted by Crippen LogP contribution is 2.28. The maximum Gasteiger partial charge on any atom is 0.258 e. The van der Waals surface area contributed by atoms with E-state index < -0.39 is 0 Å². The minimum Gasteiger partial charge on any atom is -0.490 e. The zero-order chi connectivity index (χ0) is 17.7. The molecule has 0 bridgehead atoms. The molecule has 0 aliphatic rings. The first kappa shape index (κ1) is 17.3. The van der Waals surface area contributed by atoms with Crippen molar-refractivity contribution in [1.29, 1.82) is 0 Å². The smallest absolute Gasteiger partial charge is 0.258 e. The fraction of sp³-hybridized carbons (Fsp3) is 0.200. The van der Waals surface area contributed by atoms with Crippen LogP contribution in [-0.4, -0.2) is 16.2 Å². The van der Waals surface area contributed by atoms with E-state index in [0.29, 0.717) is 23.0 Å². The second-order valence-corrected chi connectivity index (χ2v) is 5.54. The van der Waals surface area contributed by atoms with Gasteiger partial charge in [0.05, 0.1) is 11.7 Å². The maximum absolute atomic E-state index is 5.69. The van der Waals surface area contributed by atoms with Gasteiger partial charge < -0.3 is 9.26 Å². The largest absolute Gasteiger partial charge is 0.490 e. The van der Waals surface area contributed by atoms with Crippen molar-refractivity contribution >= 4 is 5.57 Å². The number of hydrogen-bond donors (Lipinski definition) is 0. The van der Waals surface area contributed by atoms with Crippen molar-refractivity contribution in [3.05, 3.63) is 60.5 Å². The van der Waals surface area contributed by atoms with Crippen molar-refractivity contribution in [2.75, 3.05) is 0 Å². The van der Waals surface area contributed by atoms with E-state index in [9.17, 15) is 0 Å². The number of ether oxygens (including phenoxy) is 1. The molecule has 4 heteroatoms. The van der Waals surface area contributed by atoms with Crippen LogP contribution in [-0.2, 0) is 0 Å². The molecule has 1 aromatic heterocycles. The van der Waals surface area contributed by atoms with Crippen LogP contribution in [0.4, 0.5) is 0 Å². The minimum atomic E-state index is 0.0418. The van der Waals surface area contributed by atoms with Gasteiger partial charge in [-0.15, -0.1) is 6.42 Å². The lowest BCUT2D eigenvalue weighted by Gasteiger charge is -2.11. The average Bonchev–Trinajstić information content (AvgIpc) is 3.01. The van der Waals surface area contributed by atoms with Gasteiger partial charge in [0.1, 0.15) is 5.75 Å². The summed E-state index contributed by atoms with van der Waals surface area (Å²) in [5, 5.41) is 4.01. The fourth-order valence-electron chi connectivity index (χ4n) is 2.11. The molecule has 1 aromatic carbocycles. The van der Waals surface area contributed by atoms with E-state index in [4.69, 9.17) is 15.7 Å². The molecular formula is C20H20N2O2. The van der Waals surface area contributed by atoms with Crippen molar-refractivity contribution in [2.45, 2.75) is 26.9 Å². The Morgan fingerprint density at radius 2 is 2.17 bits per heavy atom. The van der Waals surface area contributed by atoms with Gasteiger partial charge in [-0.1, -0.05) is 36.4 Å². The zero-order valence-corrected chi connectivity index (χ0v) is 14.2. The summed E-state index contributed by atoms with van der Waals surface area (Å²) in [6, 6.07) is 5.45. The van der Waals surface area contributed by atoms with Gasteiger partial charge in [0, 0.05) is 11.1 Å². The van der Waals surface area contributed by atoms with Gasteiger partial charge in [-0.25, -0.2) is 0 Å². The fourth-order valence-corrected chi connectivity index (χ4v) is 2.11. The van der Waals surface area contributed by atoms with Crippen LogP contribution >= 0.6 is 0 Å². The van der Waals surface area contributed by atoms with Crippen LogP contribution in [0.1, 0.15) is 32.2 Å². The standard InChI is InChI=1S/C20H20N2O2/c1-7-9-17(13(3)4)19-21-20(24-22-19)16-10-11-18(23-14(5)6)15(8-2)12-16/h2,7,9-12,14H,1,3H2,4-6H3/b17-9+. The van der Waals surface area contributed by atoms with E-state index in [-0.39, 0.29) is 6.10 Å². The molecule has 0 saturated carbocycles. The second-order valence-electron chi connectivity index (χ2n) is 5.54. The summed E-state index contributed by atoms with van der Waals surface area (Å²) in [6.45, 7) is 13.4. The van der Waals surface area contributed by atoms with Gasteiger partial charge in [-0.3, -0.25) is 0 Å². The summed E-state index contributed by atoms with van der Waals surface area (Å²) in [5.74, 6) is 4.13. The number of benzene rings is 1. The third-order valence-electron chi connectivity index (χ3n) is 3.16. The maximum atomic E-state index is 5.69. The van der Waals surface area contributed by atoms with Gasteiger partial charge in [-0.2, -0.15) is 4.98 Å². The number of nitrogens with zero attached hydrogens (tertiary/aromatic N) is 2. The van der Waals surface area contributed by atoms with Gasteiger partial charge in [0.25, 0.3) is 5.89 Å². The Balaban J connectivity index is 2.40. The Kier molecular flexibility index (Phi) is 5.39. The number of terminal acetylenes is 1. The third kappa shape index (κ3) is 3.82. The van der Waals surface area contributed by atoms with Crippen LogP contribution < -0.4 is 4.74 Å². The molecule has 0 radical (unpaired) electrons. The molecule has 122 valence electrons. The van der Waals surface area contributed by atoms with Gasteiger partial charge in [0.2, 0.25) is 5.82 Å². The Labute approximate surface area is 142 Å². The van der Waals surface area contributed by atoms with Crippen LogP contribution in [0.15, 0.2) is 53.6 Å². The Morgan fingerprint density at radius 1 is 1.42 bits per heavy atom. The second kappa shape index (κ2) is 7.47.